The third kappa shape index (κ3) is 4.80. The number of rotatable bonds is 9. The number of nitrogens with one attached hydrogen (secondary N) is 2. The van der Waals surface area contributed by atoms with Crippen molar-refractivity contribution in [1.29, 1.82) is 0 Å². The molecule has 6 heteroatoms. The number of guanidine groups is 1. The van der Waals surface area contributed by atoms with Gasteiger partial charge in [0.05, 0.1) is 19.8 Å². The van der Waals surface area contributed by atoms with Crippen LogP contribution in [0.3, 0.4) is 0 Å². The standard InChI is InChI=1S/C23H37N3O3/c1-6-24-22(26-20-17-12-14-29-21(17)23(20,3)4)25-13-8-9-16-10-11-18(27-5)19(15-16)28-7-2/h10-11,15,17,20-21H,6-9,12-14H2,1-5H3,(H2,24,25,26). The van der Waals surface area contributed by atoms with Gasteiger partial charge in [-0.2, -0.15) is 0 Å². The molecular weight excluding hydrogens is 366 g/mol. The number of aryl methyl sites for hydroxylation is 1. The van der Waals surface area contributed by atoms with Crippen molar-refractivity contribution in [1.82, 2.24) is 10.6 Å². The van der Waals surface area contributed by atoms with Gasteiger partial charge >= 0.3 is 0 Å². The maximum atomic E-state index is 5.91. The molecule has 0 bridgehead atoms. The van der Waals surface area contributed by atoms with Crippen LogP contribution in [0, 0.1) is 11.3 Å². The van der Waals surface area contributed by atoms with E-state index in [-0.39, 0.29) is 5.41 Å². The highest BCUT2D eigenvalue weighted by Crippen LogP contribution is 2.52. The Bertz CT molecular complexity index is 705. The molecule has 0 spiro atoms. The van der Waals surface area contributed by atoms with Gasteiger partial charge in [-0.1, -0.05) is 19.9 Å². The van der Waals surface area contributed by atoms with Gasteiger partial charge in [0.15, 0.2) is 17.5 Å². The summed E-state index contributed by atoms with van der Waals surface area (Å²) < 4.78 is 17.0. The smallest absolute Gasteiger partial charge is 0.191 e. The van der Waals surface area contributed by atoms with E-state index in [0.29, 0.717) is 24.7 Å². The number of methoxy groups -OCH3 is 1. The second-order valence-corrected chi connectivity index (χ2v) is 8.47. The molecule has 0 aromatic heterocycles. The lowest BCUT2D eigenvalue weighted by Gasteiger charge is -2.54. The summed E-state index contributed by atoms with van der Waals surface area (Å²) in [4.78, 5) is 4.82. The Morgan fingerprint density at radius 2 is 2.10 bits per heavy atom. The topological polar surface area (TPSA) is 64.1 Å². The van der Waals surface area contributed by atoms with Gasteiger partial charge in [0.25, 0.3) is 0 Å². The number of hydrogen-bond donors (Lipinski definition) is 2. The third-order valence-corrected chi connectivity index (χ3v) is 6.16. The van der Waals surface area contributed by atoms with E-state index in [1.165, 1.54) is 5.56 Å². The van der Waals surface area contributed by atoms with Crippen LogP contribution in [0.4, 0.5) is 0 Å². The molecule has 2 N–H and O–H groups in total. The molecule has 3 unspecified atom stereocenters. The lowest BCUT2D eigenvalue weighted by Crippen LogP contribution is -2.67. The summed E-state index contributed by atoms with van der Waals surface area (Å²) in [7, 11) is 1.67. The molecule has 2 aliphatic rings. The molecule has 1 aromatic rings. The molecule has 2 fully saturated rings. The maximum absolute atomic E-state index is 5.91. The summed E-state index contributed by atoms with van der Waals surface area (Å²) >= 11 is 0. The van der Waals surface area contributed by atoms with Crippen LogP contribution >= 0.6 is 0 Å². The fraction of sp³-hybridized carbons (Fsp3) is 0.696. The Morgan fingerprint density at radius 3 is 2.83 bits per heavy atom. The van der Waals surface area contributed by atoms with Crippen molar-refractivity contribution in [3.05, 3.63) is 23.8 Å². The minimum Gasteiger partial charge on any atom is -0.493 e. The van der Waals surface area contributed by atoms with Gasteiger partial charge in [0, 0.05) is 37.1 Å². The second-order valence-electron chi connectivity index (χ2n) is 8.47. The zero-order valence-corrected chi connectivity index (χ0v) is 18.6. The molecule has 1 aliphatic carbocycles. The molecule has 1 saturated heterocycles. The van der Waals surface area contributed by atoms with Crippen molar-refractivity contribution in [2.45, 2.75) is 59.1 Å². The molecule has 3 rings (SSSR count). The van der Waals surface area contributed by atoms with E-state index in [4.69, 9.17) is 19.2 Å². The Kier molecular flexibility index (Phi) is 7.28. The van der Waals surface area contributed by atoms with Crippen LogP contribution in [0.5, 0.6) is 11.5 Å². The zero-order valence-electron chi connectivity index (χ0n) is 18.6. The Morgan fingerprint density at radius 1 is 1.28 bits per heavy atom. The molecule has 162 valence electrons. The van der Waals surface area contributed by atoms with E-state index in [1.54, 1.807) is 7.11 Å². The highest BCUT2D eigenvalue weighted by Gasteiger charge is 2.59. The minimum atomic E-state index is 0.149. The molecule has 29 heavy (non-hydrogen) atoms. The van der Waals surface area contributed by atoms with Crippen molar-refractivity contribution >= 4 is 5.96 Å². The van der Waals surface area contributed by atoms with Crippen molar-refractivity contribution in [2.24, 2.45) is 16.3 Å². The molecule has 3 atom stereocenters. The van der Waals surface area contributed by atoms with E-state index in [2.05, 4.69) is 43.5 Å². The molecule has 1 aromatic carbocycles. The van der Waals surface area contributed by atoms with Crippen molar-refractivity contribution in [2.75, 3.05) is 33.4 Å². The molecule has 0 radical (unpaired) electrons. The van der Waals surface area contributed by atoms with Crippen LogP contribution in [-0.4, -0.2) is 51.5 Å². The fourth-order valence-corrected chi connectivity index (χ4v) is 4.70. The summed E-state index contributed by atoms with van der Waals surface area (Å²) in [6.07, 6.45) is 3.47. The molecule has 0 amide bonds. The zero-order chi connectivity index (χ0) is 20.9. The van der Waals surface area contributed by atoms with Crippen LogP contribution in [0.2, 0.25) is 0 Å². The summed E-state index contributed by atoms with van der Waals surface area (Å²) in [6.45, 7) is 11.8. The van der Waals surface area contributed by atoms with Gasteiger partial charge < -0.3 is 24.8 Å². The Hall–Kier alpha value is -1.95. The van der Waals surface area contributed by atoms with Crippen LogP contribution in [-0.2, 0) is 11.2 Å². The molecule has 1 aliphatic heterocycles. The Balaban J connectivity index is 1.54. The SMILES string of the molecule is CCNC(=NCCCc1ccc(OC)c(OCC)c1)NC1C2CCOC2C1(C)C. The highest BCUT2D eigenvalue weighted by atomic mass is 16.5. The minimum absolute atomic E-state index is 0.149. The second kappa shape index (κ2) is 9.70. The predicted molar refractivity (Wildman–Crippen MR) is 117 cm³/mol. The maximum Gasteiger partial charge on any atom is 0.191 e. The van der Waals surface area contributed by atoms with E-state index < -0.39 is 0 Å². The molecular formula is C23H37N3O3. The lowest BCUT2D eigenvalue weighted by molar-refractivity contribution is -0.106. The first-order valence-electron chi connectivity index (χ1n) is 11.0. The lowest BCUT2D eigenvalue weighted by atomic mass is 9.57. The van der Waals surface area contributed by atoms with E-state index in [0.717, 1.165) is 56.4 Å². The molecule has 1 heterocycles. The van der Waals surface area contributed by atoms with Crippen LogP contribution in [0.1, 0.15) is 46.1 Å². The third-order valence-electron chi connectivity index (χ3n) is 6.16. The van der Waals surface area contributed by atoms with Crippen LogP contribution in [0.25, 0.3) is 0 Å². The van der Waals surface area contributed by atoms with Gasteiger partial charge in [0.1, 0.15) is 0 Å². The van der Waals surface area contributed by atoms with Gasteiger partial charge in [0.2, 0.25) is 0 Å². The monoisotopic (exact) mass is 403 g/mol. The van der Waals surface area contributed by atoms with Gasteiger partial charge in [-0.25, -0.2) is 0 Å². The number of ether oxygens (including phenoxy) is 3. The molecule has 1 saturated carbocycles. The molecule has 6 nitrogen and oxygen atoms in total. The average molecular weight is 404 g/mol. The Labute approximate surface area is 175 Å². The first-order chi connectivity index (χ1) is 14.0. The summed E-state index contributed by atoms with van der Waals surface area (Å²) in [6, 6.07) is 6.58. The van der Waals surface area contributed by atoms with Gasteiger partial charge in [-0.3, -0.25) is 4.99 Å². The number of hydrogen-bond acceptors (Lipinski definition) is 4. The quantitative estimate of drug-likeness (QED) is 0.376. The van der Waals surface area contributed by atoms with Crippen molar-refractivity contribution in [3.8, 4) is 11.5 Å². The van der Waals surface area contributed by atoms with E-state index in [9.17, 15) is 0 Å². The van der Waals surface area contributed by atoms with Crippen molar-refractivity contribution < 1.29 is 14.2 Å². The predicted octanol–water partition coefficient (Wildman–Crippen LogP) is 3.40. The first-order valence-corrected chi connectivity index (χ1v) is 11.0. The van der Waals surface area contributed by atoms with Gasteiger partial charge in [-0.15, -0.1) is 0 Å². The number of benzene rings is 1. The fourth-order valence-electron chi connectivity index (χ4n) is 4.70. The highest BCUT2D eigenvalue weighted by molar-refractivity contribution is 5.80. The largest absolute Gasteiger partial charge is 0.493 e. The van der Waals surface area contributed by atoms with Crippen molar-refractivity contribution in [3.63, 3.8) is 0 Å². The summed E-state index contributed by atoms with van der Waals surface area (Å²) in [5.74, 6) is 3.11. The van der Waals surface area contributed by atoms with Crippen LogP contribution in [0.15, 0.2) is 23.2 Å². The average Bonchev–Trinajstić information content (AvgIpc) is 3.17. The normalized spacial score (nSPS) is 25.1. The summed E-state index contributed by atoms with van der Waals surface area (Å²) in [5, 5.41) is 7.08. The number of aliphatic imine (C=N–C) groups is 1. The number of fused-ring (bicyclic) bond motifs is 1. The van der Waals surface area contributed by atoms with Crippen LogP contribution < -0.4 is 20.1 Å². The van der Waals surface area contributed by atoms with Gasteiger partial charge in [-0.05, 0) is 50.8 Å². The summed E-state index contributed by atoms with van der Waals surface area (Å²) in [5.41, 5.74) is 1.39. The first kappa shape index (κ1) is 21.8. The van der Waals surface area contributed by atoms with E-state index in [1.807, 2.05) is 13.0 Å². The van der Waals surface area contributed by atoms with E-state index >= 15 is 0 Å². The number of nitrogens with zero attached hydrogens (tertiary/aromatic N) is 1.